The van der Waals surface area contributed by atoms with Crippen LogP contribution >= 0.6 is 0 Å². The molecule has 1 aromatic carbocycles. The summed E-state index contributed by atoms with van der Waals surface area (Å²) in [4.78, 5) is 16.5. The zero-order chi connectivity index (χ0) is 14.5. The summed E-state index contributed by atoms with van der Waals surface area (Å²) in [6, 6.07) is 12.4. The highest BCUT2D eigenvalue weighted by Gasteiger charge is 2.23. The third kappa shape index (κ3) is 2.67. The largest absolute Gasteiger partial charge is 0.496 e. The third-order valence-corrected chi connectivity index (χ3v) is 3.07. The Labute approximate surface area is 117 Å². The van der Waals surface area contributed by atoms with Gasteiger partial charge in [0.05, 0.1) is 18.9 Å². The van der Waals surface area contributed by atoms with E-state index in [1.807, 2.05) is 13.0 Å². The predicted octanol–water partition coefficient (Wildman–Crippen LogP) is 2.89. The van der Waals surface area contributed by atoms with Crippen molar-refractivity contribution < 1.29 is 9.53 Å². The third-order valence-electron chi connectivity index (χ3n) is 3.07. The van der Waals surface area contributed by atoms with Gasteiger partial charge in [0.2, 0.25) is 0 Å². The minimum atomic E-state index is -0.899. The van der Waals surface area contributed by atoms with Crippen molar-refractivity contribution in [3.63, 3.8) is 0 Å². The average Bonchev–Trinajstić information content (AvgIpc) is 2.49. The van der Waals surface area contributed by atoms with Crippen molar-refractivity contribution in [1.82, 2.24) is 4.98 Å². The number of aryl methyl sites for hydroxylation is 1. The Balaban J connectivity index is 2.37. The molecule has 0 aliphatic rings. The molecule has 0 fully saturated rings. The van der Waals surface area contributed by atoms with E-state index < -0.39 is 5.92 Å². The van der Waals surface area contributed by atoms with Gasteiger partial charge < -0.3 is 4.74 Å². The van der Waals surface area contributed by atoms with Crippen LogP contribution in [0.2, 0.25) is 0 Å². The smallest absolute Gasteiger partial charge is 0.186 e. The lowest BCUT2D eigenvalue weighted by Gasteiger charge is -2.10. The van der Waals surface area contributed by atoms with E-state index in [9.17, 15) is 10.1 Å². The van der Waals surface area contributed by atoms with Crippen molar-refractivity contribution in [3.05, 3.63) is 59.4 Å². The van der Waals surface area contributed by atoms with Crippen LogP contribution in [0, 0.1) is 18.3 Å². The summed E-state index contributed by atoms with van der Waals surface area (Å²) in [7, 11) is 1.55. The van der Waals surface area contributed by atoms with Crippen LogP contribution in [0.1, 0.15) is 27.5 Å². The lowest BCUT2D eigenvalue weighted by Crippen LogP contribution is -2.12. The molecule has 4 nitrogen and oxygen atoms in total. The second kappa shape index (κ2) is 5.98. The molecule has 1 aromatic heterocycles. The number of hydrogen-bond acceptors (Lipinski definition) is 4. The van der Waals surface area contributed by atoms with Gasteiger partial charge in [-0.15, -0.1) is 0 Å². The normalized spacial score (nSPS) is 11.4. The van der Waals surface area contributed by atoms with Gasteiger partial charge in [-0.05, 0) is 30.7 Å². The molecule has 2 aromatic rings. The Morgan fingerprint density at radius 1 is 1.35 bits per heavy atom. The molecule has 20 heavy (non-hydrogen) atoms. The first-order chi connectivity index (χ1) is 9.67. The lowest BCUT2D eigenvalue weighted by atomic mass is 9.94. The maximum Gasteiger partial charge on any atom is 0.186 e. The second-order valence-corrected chi connectivity index (χ2v) is 4.37. The number of methoxy groups -OCH3 is 1. The van der Waals surface area contributed by atoms with E-state index in [0.717, 1.165) is 5.56 Å². The molecule has 0 radical (unpaired) electrons. The van der Waals surface area contributed by atoms with Crippen LogP contribution in [0.5, 0.6) is 5.75 Å². The fourth-order valence-electron chi connectivity index (χ4n) is 1.95. The molecular weight excluding hydrogens is 252 g/mol. The average molecular weight is 266 g/mol. The topological polar surface area (TPSA) is 63.0 Å². The molecule has 0 spiro atoms. The van der Waals surface area contributed by atoms with Crippen LogP contribution < -0.4 is 4.74 Å². The zero-order valence-corrected chi connectivity index (χ0v) is 11.3. The molecule has 0 bridgehead atoms. The van der Waals surface area contributed by atoms with Crippen molar-refractivity contribution in [3.8, 4) is 11.8 Å². The summed E-state index contributed by atoms with van der Waals surface area (Å²) >= 11 is 0. The van der Waals surface area contributed by atoms with Gasteiger partial charge in [0, 0.05) is 11.8 Å². The van der Waals surface area contributed by atoms with E-state index >= 15 is 0 Å². The van der Waals surface area contributed by atoms with E-state index in [2.05, 4.69) is 4.98 Å². The molecule has 0 aliphatic carbocycles. The molecule has 0 saturated heterocycles. The number of Topliss-reactive ketones (excluding diaryl/α,β-unsaturated/α-hetero) is 1. The lowest BCUT2D eigenvalue weighted by molar-refractivity contribution is 0.0977. The Morgan fingerprint density at radius 2 is 2.15 bits per heavy atom. The molecule has 0 saturated carbocycles. The van der Waals surface area contributed by atoms with Crippen molar-refractivity contribution in [2.75, 3.05) is 7.11 Å². The second-order valence-electron chi connectivity index (χ2n) is 4.37. The van der Waals surface area contributed by atoms with Crippen LogP contribution in [0.4, 0.5) is 0 Å². The van der Waals surface area contributed by atoms with E-state index in [4.69, 9.17) is 4.74 Å². The molecule has 100 valence electrons. The molecule has 0 N–H and O–H groups in total. The van der Waals surface area contributed by atoms with Gasteiger partial charge in [-0.2, -0.15) is 5.26 Å². The molecule has 0 aliphatic heterocycles. The number of nitrogens with zero attached hydrogens (tertiary/aromatic N) is 2. The number of carbonyl (C=O) groups is 1. The Hall–Kier alpha value is -2.67. The van der Waals surface area contributed by atoms with E-state index in [0.29, 0.717) is 17.0 Å². The summed E-state index contributed by atoms with van der Waals surface area (Å²) in [5.41, 5.74) is 1.85. The highest BCUT2D eigenvalue weighted by atomic mass is 16.5. The number of rotatable bonds is 4. The van der Waals surface area contributed by atoms with Gasteiger partial charge in [0.1, 0.15) is 5.75 Å². The number of pyridine rings is 1. The van der Waals surface area contributed by atoms with Crippen molar-refractivity contribution in [1.29, 1.82) is 5.26 Å². The van der Waals surface area contributed by atoms with Crippen molar-refractivity contribution in [2.45, 2.75) is 12.8 Å². The first-order valence-corrected chi connectivity index (χ1v) is 6.16. The number of hydrogen-bond donors (Lipinski definition) is 0. The van der Waals surface area contributed by atoms with Gasteiger partial charge in [-0.1, -0.05) is 18.2 Å². The Kier molecular flexibility index (Phi) is 4.11. The SMILES string of the molecule is COc1cc(C(=O)C(C#N)c2ccccn2)ccc1C. The number of ketones is 1. The van der Waals surface area contributed by atoms with Gasteiger partial charge in [0.25, 0.3) is 0 Å². The van der Waals surface area contributed by atoms with Crippen molar-refractivity contribution >= 4 is 5.78 Å². The van der Waals surface area contributed by atoms with Crippen LogP contribution in [-0.2, 0) is 0 Å². The van der Waals surface area contributed by atoms with Gasteiger partial charge in [-0.25, -0.2) is 0 Å². The zero-order valence-electron chi connectivity index (χ0n) is 11.3. The van der Waals surface area contributed by atoms with E-state index in [1.165, 1.54) is 0 Å². The fraction of sp³-hybridized carbons (Fsp3) is 0.188. The summed E-state index contributed by atoms with van der Waals surface area (Å²) in [5.74, 6) is -0.540. The Bertz CT molecular complexity index is 660. The molecule has 1 unspecified atom stereocenters. The van der Waals surface area contributed by atoms with E-state index in [1.54, 1.807) is 49.7 Å². The summed E-state index contributed by atoms with van der Waals surface area (Å²) in [6.07, 6.45) is 1.57. The van der Waals surface area contributed by atoms with Crippen LogP contribution in [0.25, 0.3) is 0 Å². The fourth-order valence-corrected chi connectivity index (χ4v) is 1.95. The number of ether oxygens (including phenoxy) is 1. The number of nitriles is 1. The predicted molar refractivity (Wildman–Crippen MR) is 74.7 cm³/mol. The number of aromatic nitrogens is 1. The van der Waals surface area contributed by atoms with Crippen LogP contribution in [0.15, 0.2) is 42.6 Å². The Morgan fingerprint density at radius 3 is 2.75 bits per heavy atom. The molecule has 1 heterocycles. The molecule has 2 rings (SSSR count). The highest BCUT2D eigenvalue weighted by molar-refractivity contribution is 6.02. The molecular formula is C16H14N2O2. The minimum absolute atomic E-state index is 0.274. The molecule has 4 heteroatoms. The number of carbonyl (C=O) groups excluding carboxylic acids is 1. The quantitative estimate of drug-likeness (QED) is 0.798. The number of benzene rings is 1. The van der Waals surface area contributed by atoms with Crippen molar-refractivity contribution in [2.24, 2.45) is 0 Å². The van der Waals surface area contributed by atoms with Crippen LogP contribution in [-0.4, -0.2) is 17.9 Å². The molecule has 1 atom stereocenters. The highest BCUT2D eigenvalue weighted by Crippen LogP contribution is 2.24. The molecule has 0 amide bonds. The minimum Gasteiger partial charge on any atom is -0.496 e. The monoisotopic (exact) mass is 266 g/mol. The maximum absolute atomic E-state index is 12.4. The van der Waals surface area contributed by atoms with Gasteiger partial charge >= 0.3 is 0 Å². The summed E-state index contributed by atoms with van der Waals surface area (Å²) < 4.78 is 5.20. The van der Waals surface area contributed by atoms with Crippen LogP contribution in [0.3, 0.4) is 0 Å². The summed E-state index contributed by atoms with van der Waals surface area (Å²) in [6.45, 7) is 1.90. The first kappa shape index (κ1) is 13.8. The first-order valence-electron chi connectivity index (χ1n) is 6.16. The maximum atomic E-state index is 12.4. The summed E-state index contributed by atoms with van der Waals surface area (Å²) in [5, 5.41) is 9.25. The standard InChI is InChI=1S/C16H14N2O2/c1-11-6-7-12(9-15(11)20-2)16(19)13(10-17)14-5-3-4-8-18-14/h3-9,13H,1-2H3. The van der Waals surface area contributed by atoms with Gasteiger partial charge in [0.15, 0.2) is 11.7 Å². The van der Waals surface area contributed by atoms with Gasteiger partial charge in [-0.3, -0.25) is 9.78 Å². The van der Waals surface area contributed by atoms with E-state index in [-0.39, 0.29) is 5.78 Å².